The maximum Gasteiger partial charge on any atom is 0.348 e. The van der Waals surface area contributed by atoms with Crippen molar-refractivity contribution >= 4 is 17.7 Å². The Morgan fingerprint density at radius 2 is 1.73 bits per heavy atom. The van der Waals surface area contributed by atoms with Crippen molar-refractivity contribution in [2.75, 3.05) is 34.9 Å². The van der Waals surface area contributed by atoms with Gasteiger partial charge in [-0.3, -0.25) is 20.0 Å². The van der Waals surface area contributed by atoms with Crippen molar-refractivity contribution in [1.82, 2.24) is 19.7 Å². The average Bonchev–Trinajstić information content (AvgIpc) is 3.39. The number of rotatable bonds is 11. The molecule has 13 nitrogen and oxygen atoms in total. The number of benzene rings is 3. The van der Waals surface area contributed by atoms with E-state index in [-0.39, 0.29) is 47.7 Å². The number of hydrogen-bond donors (Lipinski definition) is 4. The summed E-state index contributed by atoms with van der Waals surface area (Å²) in [6.45, 7) is 0.701. The summed E-state index contributed by atoms with van der Waals surface area (Å²) < 4.78 is 33.6. The van der Waals surface area contributed by atoms with Gasteiger partial charge in [-0.25, -0.2) is 9.18 Å². The van der Waals surface area contributed by atoms with E-state index < -0.39 is 23.4 Å². The Kier molecular flexibility index (Phi) is 11.4. The Morgan fingerprint density at radius 3 is 2.31 bits per heavy atom. The molecule has 1 atom stereocenters. The summed E-state index contributed by atoms with van der Waals surface area (Å²) in [5.74, 6) is -2.09. The number of carbonyl (C=O) groups is 2. The molecular formula is C31H35FN6O7. The number of carbonyl (C=O) groups excluding carboxylic acids is 1. The summed E-state index contributed by atoms with van der Waals surface area (Å²) >= 11 is 0. The molecular weight excluding hydrogens is 587 g/mol. The Balaban J connectivity index is 0.00000130. The Morgan fingerprint density at radius 1 is 1.09 bits per heavy atom. The third kappa shape index (κ3) is 8.69. The SMILES string of the molecule is CC(=O)O.COc1cc(OCC(=O)N(C)C)c(F)c(C(Cc2ccc(C(=N)N)cc2)c2nn(-c3ccccc3OC)c(=O)[nH]2)c1. The summed E-state index contributed by atoms with van der Waals surface area (Å²) in [6.07, 6.45) is 0.206. The van der Waals surface area contributed by atoms with Crippen LogP contribution in [0.25, 0.3) is 5.69 Å². The van der Waals surface area contributed by atoms with Gasteiger partial charge in [-0.1, -0.05) is 36.4 Å². The molecule has 3 aromatic carbocycles. The molecule has 238 valence electrons. The zero-order valence-corrected chi connectivity index (χ0v) is 25.5. The quantitative estimate of drug-likeness (QED) is 0.144. The van der Waals surface area contributed by atoms with Crippen LogP contribution in [0.5, 0.6) is 17.2 Å². The smallest absolute Gasteiger partial charge is 0.348 e. The van der Waals surface area contributed by atoms with Crippen molar-refractivity contribution < 1.29 is 33.3 Å². The van der Waals surface area contributed by atoms with Crippen LogP contribution in [0.4, 0.5) is 4.39 Å². The fourth-order valence-electron chi connectivity index (χ4n) is 4.21. The van der Waals surface area contributed by atoms with Crippen LogP contribution in [0.1, 0.15) is 35.4 Å². The number of nitrogen functional groups attached to an aromatic ring is 1. The summed E-state index contributed by atoms with van der Waals surface area (Å²) in [4.78, 5) is 38.3. The van der Waals surface area contributed by atoms with Crippen LogP contribution in [-0.2, 0) is 16.0 Å². The van der Waals surface area contributed by atoms with Crippen LogP contribution in [0, 0.1) is 11.2 Å². The van der Waals surface area contributed by atoms with E-state index in [2.05, 4.69) is 10.1 Å². The highest BCUT2D eigenvalue weighted by molar-refractivity contribution is 5.94. The number of amidine groups is 1. The van der Waals surface area contributed by atoms with Crippen LogP contribution in [0.2, 0.25) is 0 Å². The lowest BCUT2D eigenvalue weighted by Gasteiger charge is -2.19. The summed E-state index contributed by atoms with van der Waals surface area (Å²) in [5.41, 5.74) is 6.89. The number of aliphatic carboxylic acids is 1. The van der Waals surface area contributed by atoms with Crippen LogP contribution >= 0.6 is 0 Å². The molecule has 0 fully saturated rings. The predicted octanol–water partition coefficient (Wildman–Crippen LogP) is 2.93. The lowest BCUT2D eigenvalue weighted by atomic mass is 9.90. The molecule has 4 rings (SSSR count). The minimum Gasteiger partial charge on any atom is -0.497 e. The molecule has 1 heterocycles. The molecule has 0 aliphatic rings. The monoisotopic (exact) mass is 622 g/mol. The molecule has 14 heteroatoms. The highest BCUT2D eigenvalue weighted by atomic mass is 19.1. The molecule has 5 N–H and O–H groups in total. The van der Waals surface area contributed by atoms with Crippen LogP contribution < -0.4 is 25.6 Å². The Labute approximate surface area is 258 Å². The van der Waals surface area contributed by atoms with Crippen molar-refractivity contribution in [2.24, 2.45) is 5.73 Å². The molecule has 0 saturated heterocycles. The van der Waals surface area contributed by atoms with E-state index in [1.165, 1.54) is 31.3 Å². The first kappa shape index (κ1) is 33.8. The molecule has 1 aromatic heterocycles. The fraction of sp³-hybridized carbons (Fsp3) is 0.258. The average molecular weight is 623 g/mol. The maximum absolute atomic E-state index is 16.1. The summed E-state index contributed by atoms with van der Waals surface area (Å²) in [6, 6.07) is 16.7. The lowest BCUT2D eigenvalue weighted by molar-refractivity contribution is -0.134. The van der Waals surface area contributed by atoms with Gasteiger partial charge in [-0.2, -0.15) is 4.68 Å². The number of hydrogen-bond acceptors (Lipinski definition) is 8. The van der Waals surface area contributed by atoms with Gasteiger partial charge < -0.3 is 30.0 Å². The number of methoxy groups -OCH3 is 2. The molecule has 4 aromatic rings. The van der Waals surface area contributed by atoms with Gasteiger partial charge in [-0.15, -0.1) is 5.10 Å². The van der Waals surface area contributed by atoms with Gasteiger partial charge in [0.05, 0.1) is 20.1 Å². The number of para-hydroxylation sites is 2. The highest BCUT2D eigenvalue weighted by Crippen LogP contribution is 2.36. The predicted molar refractivity (Wildman–Crippen MR) is 164 cm³/mol. The van der Waals surface area contributed by atoms with Crippen molar-refractivity contribution in [2.45, 2.75) is 19.3 Å². The number of nitrogens with one attached hydrogen (secondary N) is 2. The van der Waals surface area contributed by atoms with E-state index in [1.807, 2.05) is 0 Å². The third-order valence-electron chi connectivity index (χ3n) is 6.49. The van der Waals surface area contributed by atoms with Crippen LogP contribution in [0.3, 0.4) is 0 Å². The van der Waals surface area contributed by atoms with E-state index >= 15 is 4.39 Å². The molecule has 1 amide bonds. The molecule has 1 unspecified atom stereocenters. The Hall–Kier alpha value is -5.66. The number of nitrogens with zero attached hydrogens (tertiary/aromatic N) is 3. The number of carboxylic acid groups (broad SMARTS) is 1. The number of H-pyrrole nitrogens is 1. The molecule has 0 aliphatic heterocycles. The van der Waals surface area contributed by atoms with Gasteiger partial charge in [0.1, 0.15) is 28.8 Å². The standard InChI is InChI=1S/C29H31FN6O5.C2H4O2/c1-35(2)25(37)16-41-24-15-19(39-3)14-20(26(24)30)21(13-17-9-11-18(12-10-17)27(31)32)28-33-29(38)36(34-28)22-7-5-6-8-23(22)40-4;1-2(3)4/h5-12,14-15,21H,13,16H2,1-4H3,(H3,31,32)(H,33,34,38);1H3,(H,3,4). The normalized spacial score (nSPS) is 11.1. The van der Waals surface area contributed by atoms with Gasteiger partial charge in [0, 0.05) is 38.2 Å². The topological polar surface area (TPSA) is 186 Å². The summed E-state index contributed by atoms with van der Waals surface area (Å²) in [7, 11) is 6.06. The second-order valence-corrected chi connectivity index (χ2v) is 9.89. The molecule has 0 spiro atoms. The number of aromatic amines is 1. The number of carboxylic acids is 1. The molecule has 0 aliphatic carbocycles. The molecule has 0 bridgehead atoms. The van der Waals surface area contributed by atoms with E-state index in [1.54, 1.807) is 62.6 Å². The number of amides is 1. The zero-order valence-electron chi connectivity index (χ0n) is 25.5. The number of aromatic nitrogens is 3. The van der Waals surface area contributed by atoms with Crippen LogP contribution in [0.15, 0.2) is 65.5 Å². The minimum absolute atomic E-state index is 0.0825. The maximum atomic E-state index is 16.1. The minimum atomic E-state index is -0.833. The first-order valence-electron chi connectivity index (χ1n) is 13.5. The van der Waals surface area contributed by atoms with E-state index in [0.29, 0.717) is 17.0 Å². The largest absolute Gasteiger partial charge is 0.497 e. The van der Waals surface area contributed by atoms with Crippen molar-refractivity contribution in [1.29, 1.82) is 5.41 Å². The Bertz CT molecular complexity index is 1710. The molecule has 0 radical (unpaired) electrons. The fourth-order valence-corrected chi connectivity index (χ4v) is 4.21. The molecule has 45 heavy (non-hydrogen) atoms. The number of likely N-dealkylation sites (N-methyl/N-ethyl adjacent to an activating group) is 1. The van der Waals surface area contributed by atoms with Crippen molar-refractivity contribution in [3.8, 4) is 22.9 Å². The zero-order chi connectivity index (χ0) is 33.3. The van der Waals surface area contributed by atoms with Gasteiger partial charge in [-0.05, 0) is 30.2 Å². The highest BCUT2D eigenvalue weighted by Gasteiger charge is 2.27. The van der Waals surface area contributed by atoms with Gasteiger partial charge in [0.25, 0.3) is 11.9 Å². The number of ether oxygens (including phenoxy) is 3. The third-order valence-corrected chi connectivity index (χ3v) is 6.49. The first-order valence-corrected chi connectivity index (χ1v) is 13.5. The van der Waals surface area contributed by atoms with Crippen molar-refractivity contribution in [3.05, 3.63) is 99.5 Å². The van der Waals surface area contributed by atoms with Gasteiger partial charge in [0.2, 0.25) is 0 Å². The lowest BCUT2D eigenvalue weighted by Crippen LogP contribution is -2.27. The van der Waals surface area contributed by atoms with E-state index in [0.717, 1.165) is 17.2 Å². The first-order chi connectivity index (χ1) is 21.4. The van der Waals surface area contributed by atoms with Crippen molar-refractivity contribution in [3.63, 3.8) is 0 Å². The molecule has 0 saturated carbocycles. The van der Waals surface area contributed by atoms with E-state index in [4.69, 9.17) is 35.3 Å². The van der Waals surface area contributed by atoms with E-state index in [9.17, 15) is 9.59 Å². The van der Waals surface area contributed by atoms with Crippen LogP contribution in [-0.4, -0.2) is 77.4 Å². The van der Waals surface area contributed by atoms with Gasteiger partial charge in [0.15, 0.2) is 18.2 Å². The second-order valence-electron chi connectivity index (χ2n) is 9.89. The number of halogens is 1. The van der Waals surface area contributed by atoms with Gasteiger partial charge >= 0.3 is 5.69 Å². The number of nitrogens with two attached hydrogens (primary N) is 1. The second kappa shape index (κ2) is 15.2. The summed E-state index contributed by atoms with van der Waals surface area (Å²) in [5, 5.41) is 19.6.